The molecule has 3 heterocycles. The van der Waals surface area contributed by atoms with Crippen molar-refractivity contribution < 1.29 is 22.0 Å². The molecule has 0 spiro atoms. The maximum absolute atomic E-state index is 13.1. The van der Waals surface area contributed by atoms with Crippen molar-refractivity contribution in [2.24, 2.45) is 0 Å². The number of carbonyl (C=O) groups excluding carboxylic acids is 1. The first kappa shape index (κ1) is 24.0. The summed E-state index contributed by atoms with van der Waals surface area (Å²) in [5.74, 6) is -3.06. The third-order valence-corrected chi connectivity index (χ3v) is 6.03. The van der Waals surface area contributed by atoms with E-state index in [0.29, 0.717) is 23.4 Å². The first-order valence-corrected chi connectivity index (χ1v) is 12.5. The number of carbonyl (C=O) groups is 1. The summed E-state index contributed by atoms with van der Waals surface area (Å²) in [6.45, 7) is 1.25. The molecule has 0 aliphatic carbocycles. The second-order valence-corrected chi connectivity index (χ2v) is 10.5. The number of hydrogen-bond donors (Lipinski definition) is 3. The van der Waals surface area contributed by atoms with E-state index in [1.165, 1.54) is 18.2 Å². The zero-order chi connectivity index (χ0) is 24.7. The van der Waals surface area contributed by atoms with Gasteiger partial charge < -0.3 is 15.2 Å². The highest BCUT2D eigenvalue weighted by molar-refractivity contribution is 7.92. The van der Waals surface area contributed by atoms with Crippen LogP contribution in [0.2, 0.25) is 5.02 Å². The van der Waals surface area contributed by atoms with Gasteiger partial charge in [0, 0.05) is 34.7 Å². The molecule has 1 amide bonds. The molecular weight excluding hydrogens is 488 g/mol. The van der Waals surface area contributed by atoms with Crippen molar-refractivity contribution >= 4 is 44.6 Å². The lowest BCUT2D eigenvalue weighted by molar-refractivity contribution is -0.0263. The molecule has 0 atom stereocenters. The zero-order valence-electron chi connectivity index (χ0n) is 18.3. The Balaban J connectivity index is 1.42. The van der Waals surface area contributed by atoms with Crippen LogP contribution in [-0.4, -0.2) is 49.6 Å². The van der Waals surface area contributed by atoms with Crippen LogP contribution in [0.25, 0.3) is 0 Å². The van der Waals surface area contributed by atoms with Crippen molar-refractivity contribution in [1.82, 2.24) is 9.97 Å². The number of H-pyrrole nitrogens is 1. The Hall–Kier alpha value is -3.18. The van der Waals surface area contributed by atoms with E-state index < -0.39 is 21.9 Å². The highest BCUT2D eigenvalue weighted by Crippen LogP contribution is 2.32. The van der Waals surface area contributed by atoms with Gasteiger partial charge in [0.2, 0.25) is 10.0 Å². The van der Waals surface area contributed by atoms with E-state index in [4.69, 9.17) is 11.6 Å². The van der Waals surface area contributed by atoms with Gasteiger partial charge in [0.1, 0.15) is 0 Å². The Morgan fingerprint density at radius 2 is 1.91 bits per heavy atom. The van der Waals surface area contributed by atoms with Crippen LogP contribution in [0.3, 0.4) is 0 Å². The number of nitrogens with one attached hydrogen (secondary N) is 3. The van der Waals surface area contributed by atoms with Gasteiger partial charge in [0.25, 0.3) is 11.8 Å². The minimum Gasteiger partial charge on any atom is -0.364 e. The van der Waals surface area contributed by atoms with Crippen LogP contribution in [-0.2, 0) is 16.4 Å². The van der Waals surface area contributed by atoms with E-state index in [-0.39, 0.29) is 23.8 Å². The molecule has 0 saturated carbocycles. The molecule has 1 aromatic carbocycles. The van der Waals surface area contributed by atoms with Crippen LogP contribution < -0.4 is 14.9 Å². The highest BCUT2D eigenvalue weighted by Gasteiger charge is 2.44. The second kappa shape index (κ2) is 8.88. The van der Waals surface area contributed by atoms with Crippen molar-refractivity contribution in [3.05, 3.63) is 70.3 Å². The fraction of sp³-hybridized carbons (Fsp3) is 0.273. The van der Waals surface area contributed by atoms with Gasteiger partial charge in [-0.15, -0.1) is 0 Å². The smallest absolute Gasteiger partial charge is 0.282 e. The van der Waals surface area contributed by atoms with Crippen LogP contribution in [0, 0.1) is 6.92 Å². The molecule has 1 saturated heterocycles. The van der Waals surface area contributed by atoms with Gasteiger partial charge in [0.15, 0.2) is 0 Å². The van der Waals surface area contributed by atoms with Crippen LogP contribution in [0.1, 0.15) is 27.3 Å². The SMILES string of the molecule is Cc1cc(N2CC(F)(F)C2)cnc1Cc1cc(C(=O)Nc2cc(Cl)cc(NS(C)(=O)=O)c2)c[nH]1. The normalized spacial score (nSPS) is 15.0. The number of amides is 1. The van der Waals surface area contributed by atoms with E-state index in [2.05, 4.69) is 20.0 Å². The summed E-state index contributed by atoms with van der Waals surface area (Å²) >= 11 is 6.04. The minimum atomic E-state index is -3.50. The van der Waals surface area contributed by atoms with Crippen LogP contribution in [0.15, 0.2) is 42.7 Å². The summed E-state index contributed by atoms with van der Waals surface area (Å²) < 4.78 is 51.5. The van der Waals surface area contributed by atoms with Gasteiger partial charge in [-0.25, -0.2) is 17.2 Å². The molecule has 8 nitrogen and oxygen atoms in total. The Kier molecular flexibility index (Phi) is 6.26. The fourth-order valence-corrected chi connectivity index (χ4v) is 4.42. The predicted molar refractivity (Wildman–Crippen MR) is 128 cm³/mol. The van der Waals surface area contributed by atoms with Crippen LogP contribution in [0.4, 0.5) is 25.8 Å². The lowest BCUT2D eigenvalue weighted by Gasteiger charge is -2.40. The third kappa shape index (κ3) is 5.84. The topological polar surface area (TPSA) is 107 Å². The van der Waals surface area contributed by atoms with Crippen molar-refractivity contribution in [2.75, 3.05) is 34.3 Å². The molecule has 34 heavy (non-hydrogen) atoms. The van der Waals surface area contributed by atoms with Crippen LogP contribution >= 0.6 is 11.6 Å². The zero-order valence-corrected chi connectivity index (χ0v) is 19.9. The summed E-state index contributed by atoms with van der Waals surface area (Å²) in [7, 11) is -3.50. The Morgan fingerprint density at radius 1 is 1.21 bits per heavy atom. The Bertz CT molecular complexity index is 1350. The Morgan fingerprint density at radius 3 is 2.56 bits per heavy atom. The summed E-state index contributed by atoms with van der Waals surface area (Å²) in [5, 5.41) is 2.95. The second-order valence-electron chi connectivity index (χ2n) is 8.32. The van der Waals surface area contributed by atoms with Gasteiger partial charge in [-0.2, -0.15) is 0 Å². The number of nitrogens with zero attached hydrogens (tertiary/aromatic N) is 2. The molecule has 1 aliphatic rings. The highest BCUT2D eigenvalue weighted by atomic mass is 35.5. The van der Waals surface area contributed by atoms with Gasteiger partial charge in [-0.05, 0) is 42.8 Å². The van der Waals surface area contributed by atoms with E-state index >= 15 is 0 Å². The number of halogens is 3. The van der Waals surface area contributed by atoms with Crippen molar-refractivity contribution in [3.8, 4) is 0 Å². The molecule has 2 aromatic heterocycles. The molecule has 3 N–H and O–H groups in total. The molecule has 180 valence electrons. The van der Waals surface area contributed by atoms with E-state index in [0.717, 1.165) is 23.2 Å². The quantitative estimate of drug-likeness (QED) is 0.445. The van der Waals surface area contributed by atoms with Crippen molar-refractivity contribution in [1.29, 1.82) is 0 Å². The maximum Gasteiger partial charge on any atom is 0.282 e. The van der Waals surface area contributed by atoms with Gasteiger partial charge in [-0.1, -0.05) is 11.6 Å². The molecule has 0 radical (unpaired) electrons. The lowest BCUT2D eigenvalue weighted by Crippen LogP contribution is -2.56. The summed E-state index contributed by atoms with van der Waals surface area (Å²) in [6, 6.07) is 7.90. The lowest BCUT2D eigenvalue weighted by atomic mass is 10.1. The Labute approximate surface area is 200 Å². The minimum absolute atomic E-state index is 0.229. The number of aromatic nitrogens is 2. The van der Waals surface area contributed by atoms with Crippen molar-refractivity contribution in [3.63, 3.8) is 0 Å². The summed E-state index contributed by atoms with van der Waals surface area (Å²) in [5.41, 5.74) is 3.95. The maximum atomic E-state index is 13.1. The molecule has 3 aromatic rings. The molecule has 0 unspecified atom stereocenters. The molecule has 12 heteroatoms. The van der Waals surface area contributed by atoms with E-state index in [1.54, 1.807) is 23.4 Å². The standard InChI is InChI=1S/C22H22ClF2N5O3S/c1-13-3-19(30-11-22(24,25)12-30)10-27-20(13)8-16-4-14(9-26-16)21(31)28-17-5-15(23)6-18(7-17)29-34(2,32)33/h3-7,9-10,26,29H,8,11-12H2,1-2H3,(H,28,31). The summed E-state index contributed by atoms with van der Waals surface area (Å²) in [4.78, 5) is 21.7. The largest absolute Gasteiger partial charge is 0.364 e. The van der Waals surface area contributed by atoms with Gasteiger partial charge in [0.05, 0.1) is 42.5 Å². The predicted octanol–water partition coefficient (Wildman–Crippen LogP) is 4.04. The van der Waals surface area contributed by atoms with Gasteiger partial charge >= 0.3 is 0 Å². The monoisotopic (exact) mass is 509 g/mol. The average Bonchev–Trinajstić information content (AvgIpc) is 3.14. The number of anilines is 3. The van der Waals surface area contributed by atoms with Crippen LogP contribution in [0.5, 0.6) is 0 Å². The molecule has 1 fully saturated rings. The molecule has 4 rings (SSSR count). The first-order valence-electron chi connectivity index (χ1n) is 10.2. The number of pyridine rings is 1. The van der Waals surface area contributed by atoms with Crippen molar-refractivity contribution in [2.45, 2.75) is 19.3 Å². The van der Waals surface area contributed by atoms with E-state index in [9.17, 15) is 22.0 Å². The number of aromatic amines is 1. The average molecular weight is 510 g/mol. The van der Waals surface area contributed by atoms with Gasteiger partial charge in [-0.3, -0.25) is 14.5 Å². The number of aryl methyl sites for hydroxylation is 1. The molecule has 1 aliphatic heterocycles. The molecular formula is C22H22ClF2N5O3S. The number of rotatable bonds is 7. The number of hydrogen-bond acceptors (Lipinski definition) is 5. The van der Waals surface area contributed by atoms with E-state index in [1.807, 2.05) is 13.0 Å². The first-order chi connectivity index (χ1) is 15.9. The summed E-state index contributed by atoms with van der Waals surface area (Å²) in [6.07, 6.45) is 4.57. The number of alkyl halides is 2. The third-order valence-electron chi connectivity index (χ3n) is 5.20. The number of sulfonamides is 1. The number of benzene rings is 1. The fourth-order valence-electron chi connectivity index (χ4n) is 3.63. The molecule has 0 bridgehead atoms.